The number of allylic oxidation sites excluding steroid dienone is 4. The summed E-state index contributed by atoms with van der Waals surface area (Å²) >= 11 is 0. The summed E-state index contributed by atoms with van der Waals surface area (Å²) in [5.41, 5.74) is 2.08. The quantitative estimate of drug-likeness (QED) is 0.184. The van der Waals surface area contributed by atoms with Crippen LogP contribution in [0.3, 0.4) is 0 Å². The first-order valence-corrected chi connectivity index (χ1v) is 11.8. The summed E-state index contributed by atoms with van der Waals surface area (Å²) < 4.78 is 16.9. The molecule has 1 rings (SSSR count). The summed E-state index contributed by atoms with van der Waals surface area (Å²) in [6.45, 7) is 10.0. The number of hydrogen-bond donors (Lipinski definition) is 2. The first-order chi connectivity index (χ1) is 15.6. The highest BCUT2D eigenvalue weighted by atomic mass is 16.6. The molecule has 0 aromatic carbocycles. The fraction of sp³-hybridized carbons (Fsp3) is 0.692. The third-order valence-electron chi connectivity index (χ3n) is 6.09. The molecule has 1 heterocycles. The number of aliphatic hydroxyl groups excluding tert-OH is 2. The van der Waals surface area contributed by atoms with Crippen molar-refractivity contribution < 1.29 is 34.0 Å². The van der Waals surface area contributed by atoms with E-state index in [2.05, 4.69) is 19.9 Å². The van der Waals surface area contributed by atoms with Crippen molar-refractivity contribution in [3.8, 4) is 0 Å². The van der Waals surface area contributed by atoms with Gasteiger partial charge in [-0.15, -0.1) is 0 Å². The van der Waals surface area contributed by atoms with Gasteiger partial charge < -0.3 is 24.4 Å². The Morgan fingerprint density at radius 3 is 2.52 bits per heavy atom. The minimum Gasteiger partial charge on any atom is -0.458 e. The third kappa shape index (κ3) is 10.2. The number of hydrogen-bond acceptors (Lipinski definition) is 7. The van der Waals surface area contributed by atoms with Crippen LogP contribution in [0.15, 0.2) is 35.5 Å². The Morgan fingerprint density at radius 2 is 1.94 bits per heavy atom. The van der Waals surface area contributed by atoms with E-state index >= 15 is 0 Å². The van der Waals surface area contributed by atoms with Gasteiger partial charge in [-0.1, -0.05) is 43.2 Å². The molecule has 1 fully saturated rings. The van der Waals surface area contributed by atoms with Crippen LogP contribution < -0.4 is 0 Å². The first kappa shape index (κ1) is 29.1. The van der Waals surface area contributed by atoms with Crippen molar-refractivity contribution in [3.05, 3.63) is 35.5 Å². The number of carbonyl (C=O) groups excluding carboxylic acids is 2. The molecule has 0 saturated carbocycles. The van der Waals surface area contributed by atoms with Crippen LogP contribution in [0.25, 0.3) is 0 Å². The summed E-state index contributed by atoms with van der Waals surface area (Å²) in [5, 5.41) is 18.4. The molecule has 1 aliphatic heterocycles. The molecule has 2 N–H and O–H groups in total. The van der Waals surface area contributed by atoms with Gasteiger partial charge in [0.1, 0.15) is 12.2 Å². The van der Waals surface area contributed by atoms with Gasteiger partial charge in [-0.3, -0.25) is 4.79 Å². The molecule has 0 amide bonds. The molecular weight excluding hydrogens is 424 g/mol. The van der Waals surface area contributed by atoms with Gasteiger partial charge in [-0.25, -0.2) is 4.79 Å². The van der Waals surface area contributed by atoms with Gasteiger partial charge in [-0.05, 0) is 51.9 Å². The van der Waals surface area contributed by atoms with Crippen LogP contribution in [-0.2, 0) is 23.8 Å². The van der Waals surface area contributed by atoms with Crippen LogP contribution in [-0.4, -0.2) is 60.8 Å². The van der Waals surface area contributed by atoms with Crippen molar-refractivity contribution in [1.82, 2.24) is 0 Å². The first-order valence-electron chi connectivity index (χ1n) is 11.8. The van der Waals surface area contributed by atoms with Crippen LogP contribution in [0.4, 0.5) is 0 Å². The van der Waals surface area contributed by atoms with Crippen LogP contribution in [0, 0.1) is 17.8 Å². The van der Waals surface area contributed by atoms with E-state index in [0.29, 0.717) is 12.3 Å². The van der Waals surface area contributed by atoms with Gasteiger partial charge >= 0.3 is 11.9 Å². The lowest BCUT2D eigenvalue weighted by atomic mass is 9.84. The van der Waals surface area contributed by atoms with Gasteiger partial charge in [0.05, 0.1) is 6.42 Å². The summed E-state index contributed by atoms with van der Waals surface area (Å²) in [4.78, 5) is 24.8. The van der Waals surface area contributed by atoms with E-state index in [1.54, 1.807) is 12.2 Å². The lowest BCUT2D eigenvalue weighted by Crippen LogP contribution is -2.52. The van der Waals surface area contributed by atoms with Crippen molar-refractivity contribution in [1.29, 1.82) is 0 Å². The fourth-order valence-corrected chi connectivity index (χ4v) is 4.27. The summed E-state index contributed by atoms with van der Waals surface area (Å²) in [6, 6.07) is 0. The second-order valence-corrected chi connectivity index (χ2v) is 9.19. The molecule has 7 nitrogen and oxygen atoms in total. The van der Waals surface area contributed by atoms with Crippen molar-refractivity contribution in [2.75, 3.05) is 20.3 Å². The second kappa shape index (κ2) is 15.0. The van der Waals surface area contributed by atoms with Crippen LogP contribution in [0.1, 0.15) is 60.3 Å². The lowest BCUT2D eigenvalue weighted by molar-refractivity contribution is -0.200. The Balaban J connectivity index is 2.91. The highest BCUT2D eigenvalue weighted by Gasteiger charge is 2.44. The second-order valence-electron chi connectivity index (χ2n) is 9.19. The number of ether oxygens (including phenoxy) is 3. The van der Waals surface area contributed by atoms with E-state index in [1.165, 1.54) is 18.8 Å². The average molecular weight is 467 g/mol. The monoisotopic (exact) mass is 466 g/mol. The van der Waals surface area contributed by atoms with Crippen LogP contribution in [0.2, 0.25) is 0 Å². The lowest BCUT2D eigenvalue weighted by Gasteiger charge is -2.39. The number of methoxy groups -OCH3 is 1. The molecule has 0 spiro atoms. The van der Waals surface area contributed by atoms with Gasteiger partial charge in [-0.2, -0.15) is 0 Å². The minimum absolute atomic E-state index is 0.0150. The van der Waals surface area contributed by atoms with E-state index in [0.717, 1.165) is 18.4 Å². The normalized spacial score (nSPS) is 25.0. The van der Waals surface area contributed by atoms with E-state index in [1.807, 2.05) is 20.8 Å². The third-order valence-corrected chi connectivity index (χ3v) is 6.09. The van der Waals surface area contributed by atoms with Crippen molar-refractivity contribution in [2.45, 2.75) is 78.6 Å². The summed E-state index contributed by atoms with van der Waals surface area (Å²) in [5.74, 6) is -0.703. The SMILES string of the molecule is CC=C(C)CC(C)CC(C)C1OC(=O)CC(OC)C1OC(=O)C=CC(C)=CC(CO)CCO. The van der Waals surface area contributed by atoms with Gasteiger partial charge in [0.15, 0.2) is 6.10 Å². The number of rotatable bonds is 13. The molecule has 0 bridgehead atoms. The Bertz CT molecular complexity index is 709. The highest BCUT2D eigenvalue weighted by molar-refractivity contribution is 5.83. The molecular formula is C26H42O7. The molecule has 0 radical (unpaired) electrons. The Hall–Kier alpha value is -1.96. The number of aliphatic hydroxyl groups is 2. The number of carbonyl (C=O) groups is 2. The van der Waals surface area contributed by atoms with Gasteiger partial charge in [0.2, 0.25) is 0 Å². The number of cyclic esters (lactones) is 1. The van der Waals surface area contributed by atoms with Crippen molar-refractivity contribution in [3.63, 3.8) is 0 Å². The Kier molecular flexibility index (Phi) is 13.3. The molecule has 6 atom stereocenters. The molecule has 1 saturated heterocycles. The fourth-order valence-electron chi connectivity index (χ4n) is 4.27. The highest BCUT2D eigenvalue weighted by Crippen LogP contribution is 2.31. The van der Waals surface area contributed by atoms with Crippen LogP contribution in [0.5, 0.6) is 0 Å². The molecule has 1 aliphatic rings. The maximum atomic E-state index is 12.6. The largest absolute Gasteiger partial charge is 0.458 e. The predicted molar refractivity (Wildman–Crippen MR) is 127 cm³/mol. The van der Waals surface area contributed by atoms with Gasteiger partial charge in [0, 0.05) is 32.3 Å². The molecule has 188 valence electrons. The van der Waals surface area contributed by atoms with E-state index in [-0.39, 0.29) is 37.4 Å². The van der Waals surface area contributed by atoms with E-state index < -0.39 is 24.3 Å². The average Bonchev–Trinajstić information content (AvgIpc) is 2.77. The van der Waals surface area contributed by atoms with Gasteiger partial charge in [0.25, 0.3) is 0 Å². The zero-order chi connectivity index (χ0) is 25.0. The molecule has 0 aliphatic carbocycles. The maximum absolute atomic E-state index is 12.6. The maximum Gasteiger partial charge on any atom is 0.331 e. The molecule has 0 aromatic rings. The summed E-state index contributed by atoms with van der Waals surface area (Å²) in [7, 11) is 1.50. The Morgan fingerprint density at radius 1 is 1.24 bits per heavy atom. The standard InChI is InChI=1S/C26H42O7/c1-7-17(2)12-19(4)13-20(5)25-26(22(31-6)15-24(30)33-25)32-23(29)9-8-18(3)14-21(16-28)10-11-27/h7-9,14,19-22,25-28H,10-13,15-16H2,1-6H3. The predicted octanol–water partition coefficient (Wildman–Crippen LogP) is 3.74. The Labute approximate surface area is 198 Å². The van der Waals surface area contributed by atoms with Crippen LogP contribution >= 0.6 is 0 Å². The van der Waals surface area contributed by atoms with Crippen molar-refractivity contribution >= 4 is 11.9 Å². The topological polar surface area (TPSA) is 102 Å². The van der Waals surface area contributed by atoms with Crippen molar-refractivity contribution in [2.24, 2.45) is 17.8 Å². The molecule has 6 unspecified atom stereocenters. The van der Waals surface area contributed by atoms with E-state index in [4.69, 9.17) is 19.3 Å². The smallest absolute Gasteiger partial charge is 0.331 e. The zero-order valence-electron chi connectivity index (χ0n) is 21.0. The molecule has 0 aromatic heterocycles. The summed E-state index contributed by atoms with van der Waals surface area (Å²) in [6.07, 6.45) is 7.25. The number of esters is 2. The minimum atomic E-state index is -0.696. The van der Waals surface area contributed by atoms with E-state index in [9.17, 15) is 14.7 Å². The molecule has 33 heavy (non-hydrogen) atoms. The zero-order valence-corrected chi connectivity index (χ0v) is 21.0. The molecule has 7 heteroatoms.